The summed E-state index contributed by atoms with van der Waals surface area (Å²) in [7, 11) is -4.17. The molecule has 0 aliphatic heterocycles. The summed E-state index contributed by atoms with van der Waals surface area (Å²) in [6.07, 6.45) is 0. The number of hydrogen-bond acceptors (Lipinski definition) is 4. The first-order valence-corrected chi connectivity index (χ1v) is 8.25. The molecule has 2 amide bonds. The van der Waals surface area contributed by atoms with Crippen molar-refractivity contribution >= 4 is 21.8 Å². The third-order valence-electron chi connectivity index (χ3n) is 3.08. The molecule has 0 saturated carbocycles. The van der Waals surface area contributed by atoms with Crippen LogP contribution in [0.4, 0.5) is 0 Å². The minimum Gasteiger partial charge on any atom is -0.272 e. The van der Waals surface area contributed by atoms with E-state index in [2.05, 4.69) is 5.43 Å². The van der Waals surface area contributed by atoms with Gasteiger partial charge in [-0.05, 0) is 31.2 Å². The molecule has 2 rings (SSSR count). The van der Waals surface area contributed by atoms with E-state index in [1.54, 1.807) is 30.3 Å². The van der Waals surface area contributed by atoms with Crippen molar-refractivity contribution in [1.82, 2.24) is 9.84 Å². The topological polar surface area (TPSA) is 83.6 Å². The van der Waals surface area contributed by atoms with Crippen LogP contribution in [0.3, 0.4) is 0 Å². The molecule has 0 saturated heterocycles. The van der Waals surface area contributed by atoms with Crippen LogP contribution in [0.15, 0.2) is 59.5 Å². The summed E-state index contributed by atoms with van der Waals surface area (Å²) in [6.45, 7) is 2.88. The van der Waals surface area contributed by atoms with Crippen molar-refractivity contribution in [1.29, 1.82) is 0 Å². The highest BCUT2D eigenvalue weighted by Crippen LogP contribution is 2.15. The van der Waals surface area contributed by atoms with E-state index >= 15 is 0 Å². The number of nitrogens with zero attached hydrogens (tertiary/aromatic N) is 1. The van der Waals surface area contributed by atoms with Crippen LogP contribution in [0, 0.1) is 6.92 Å². The number of hydrazine groups is 1. The lowest BCUT2D eigenvalue weighted by Crippen LogP contribution is -2.48. The zero-order chi connectivity index (χ0) is 17.0. The van der Waals surface area contributed by atoms with Gasteiger partial charge in [-0.15, -0.1) is 4.41 Å². The van der Waals surface area contributed by atoms with Gasteiger partial charge < -0.3 is 0 Å². The summed E-state index contributed by atoms with van der Waals surface area (Å²) in [5.74, 6) is -1.49. The summed E-state index contributed by atoms with van der Waals surface area (Å²) < 4.78 is 25.4. The van der Waals surface area contributed by atoms with Gasteiger partial charge in [-0.2, -0.15) is 8.42 Å². The summed E-state index contributed by atoms with van der Waals surface area (Å²) in [4.78, 5) is 23.8. The second-order valence-electron chi connectivity index (χ2n) is 4.91. The van der Waals surface area contributed by atoms with Crippen molar-refractivity contribution in [2.24, 2.45) is 0 Å². The van der Waals surface area contributed by atoms with Gasteiger partial charge in [0, 0.05) is 12.5 Å². The first-order valence-electron chi connectivity index (χ1n) is 6.81. The molecule has 0 spiro atoms. The molecule has 0 fully saturated rings. The average molecular weight is 332 g/mol. The Labute approximate surface area is 134 Å². The molecule has 7 heteroatoms. The van der Waals surface area contributed by atoms with Gasteiger partial charge in [-0.25, -0.2) is 5.43 Å². The van der Waals surface area contributed by atoms with Crippen LogP contribution < -0.4 is 5.43 Å². The molecule has 0 aliphatic carbocycles. The summed E-state index contributed by atoms with van der Waals surface area (Å²) in [6, 6.07) is 14.0. The predicted octanol–water partition coefficient (Wildman–Crippen LogP) is 1.88. The Bertz CT molecular complexity index is 815. The van der Waals surface area contributed by atoms with Crippen molar-refractivity contribution in [3.8, 4) is 0 Å². The summed E-state index contributed by atoms with van der Waals surface area (Å²) >= 11 is 0. The molecule has 2 aromatic rings. The fourth-order valence-corrected chi connectivity index (χ4v) is 3.10. The van der Waals surface area contributed by atoms with Gasteiger partial charge in [0.2, 0.25) is 0 Å². The minimum absolute atomic E-state index is 0.0772. The normalized spacial score (nSPS) is 10.9. The summed E-state index contributed by atoms with van der Waals surface area (Å²) in [5, 5.41) is 0. The molecular formula is C16H16N2O4S. The van der Waals surface area contributed by atoms with E-state index in [1.165, 1.54) is 24.3 Å². The maximum absolute atomic E-state index is 12.5. The number of carbonyl (C=O) groups excluding carboxylic acids is 2. The molecular weight excluding hydrogens is 316 g/mol. The Hall–Kier alpha value is -2.67. The lowest BCUT2D eigenvalue weighted by atomic mass is 10.2. The van der Waals surface area contributed by atoms with Crippen LogP contribution in [0.1, 0.15) is 22.8 Å². The Kier molecular flexibility index (Phi) is 4.80. The third-order valence-corrected chi connectivity index (χ3v) is 4.78. The van der Waals surface area contributed by atoms with Crippen LogP contribution in [-0.4, -0.2) is 24.6 Å². The lowest BCUT2D eigenvalue weighted by Gasteiger charge is -2.21. The molecule has 6 nitrogen and oxygen atoms in total. The highest BCUT2D eigenvalue weighted by Gasteiger charge is 2.29. The highest BCUT2D eigenvalue weighted by atomic mass is 32.2. The molecule has 1 N–H and O–H groups in total. The van der Waals surface area contributed by atoms with Gasteiger partial charge in [0.05, 0.1) is 4.90 Å². The lowest BCUT2D eigenvalue weighted by molar-refractivity contribution is -0.125. The second-order valence-corrected chi connectivity index (χ2v) is 6.70. The van der Waals surface area contributed by atoms with Crippen LogP contribution >= 0.6 is 0 Å². The molecule has 0 bridgehead atoms. The van der Waals surface area contributed by atoms with E-state index in [-0.39, 0.29) is 10.5 Å². The van der Waals surface area contributed by atoms with Crippen LogP contribution in [0.2, 0.25) is 0 Å². The van der Waals surface area contributed by atoms with Gasteiger partial charge >= 0.3 is 0 Å². The Balaban J connectivity index is 2.33. The van der Waals surface area contributed by atoms with Crippen molar-refractivity contribution in [2.45, 2.75) is 18.7 Å². The number of rotatable bonds is 3. The minimum atomic E-state index is -4.17. The van der Waals surface area contributed by atoms with E-state index in [1.807, 2.05) is 6.92 Å². The molecule has 0 radical (unpaired) electrons. The third kappa shape index (κ3) is 3.75. The number of amides is 2. The van der Waals surface area contributed by atoms with Crippen molar-refractivity contribution in [2.75, 3.05) is 0 Å². The largest absolute Gasteiger partial charge is 0.284 e. The first-order chi connectivity index (χ1) is 10.8. The van der Waals surface area contributed by atoms with Crippen LogP contribution in [0.25, 0.3) is 0 Å². The number of aryl methyl sites for hydroxylation is 1. The monoisotopic (exact) mass is 332 g/mol. The molecule has 23 heavy (non-hydrogen) atoms. The molecule has 2 aromatic carbocycles. The van der Waals surface area contributed by atoms with Gasteiger partial charge in [-0.1, -0.05) is 35.9 Å². The Morgan fingerprint density at radius 1 is 0.957 bits per heavy atom. The molecule has 0 aliphatic rings. The van der Waals surface area contributed by atoms with Crippen molar-refractivity contribution in [3.63, 3.8) is 0 Å². The zero-order valence-corrected chi connectivity index (χ0v) is 13.5. The second kappa shape index (κ2) is 6.62. The smallest absolute Gasteiger partial charge is 0.272 e. The quantitative estimate of drug-likeness (QED) is 0.870. The number of sulfonamides is 1. The number of hydrogen-bond donors (Lipinski definition) is 1. The van der Waals surface area contributed by atoms with E-state index in [4.69, 9.17) is 0 Å². The van der Waals surface area contributed by atoms with Crippen molar-refractivity contribution < 1.29 is 18.0 Å². The Morgan fingerprint density at radius 2 is 1.52 bits per heavy atom. The molecule has 0 atom stereocenters. The summed E-state index contributed by atoms with van der Waals surface area (Å²) in [5.41, 5.74) is 3.27. The number of nitrogens with one attached hydrogen (secondary N) is 1. The first kappa shape index (κ1) is 16.7. The van der Waals surface area contributed by atoms with E-state index in [0.717, 1.165) is 12.5 Å². The standard InChI is InChI=1S/C16H16N2O4S/c1-12-8-10-15(11-9-12)23(21,22)18(13(2)19)17-16(20)14-6-4-3-5-7-14/h3-11H,1-2H3,(H,17,20). The van der Waals surface area contributed by atoms with E-state index < -0.39 is 21.8 Å². The van der Waals surface area contributed by atoms with E-state index in [9.17, 15) is 18.0 Å². The number of benzene rings is 2. The average Bonchev–Trinajstić information content (AvgIpc) is 2.53. The number of carbonyl (C=O) groups is 2. The maximum atomic E-state index is 12.5. The van der Waals surface area contributed by atoms with Crippen molar-refractivity contribution in [3.05, 3.63) is 65.7 Å². The van der Waals surface area contributed by atoms with Gasteiger partial charge in [-0.3, -0.25) is 9.59 Å². The van der Waals surface area contributed by atoms with Gasteiger partial charge in [0.1, 0.15) is 0 Å². The molecule has 120 valence electrons. The predicted molar refractivity (Wildman–Crippen MR) is 84.8 cm³/mol. The van der Waals surface area contributed by atoms with Crippen LogP contribution in [0.5, 0.6) is 0 Å². The molecule has 0 aromatic heterocycles. The fraction of sp³-hybridized carbons (Fsp3) is 0.125. The van der Waals surface area contributed by atoms with Gasteiger partial charge in [0.25, 0.3) is 21.8 Å². The van der Waals surface area contributed by atoms with E-state index in [0.29, 0.717) is 4.41 Å². The molecule has 0 heterocycles. The van der Waals surface area contributed by atoms with Crippen LogP contribution in [-0.2, 0) is 14.8 Å². The van der Waals surface area contributed by atoms with Gasteiger partial charge in [0.15, 0.2) is 0 Å². The zero-order valence-electron chi connectivity index (χ0n) is 12.7. The Morgan fingerprint density at radius 3 is 2.04 bits per heavy atom. The SMILES string of the molecule is CC(=O)N(NC(=O)c1ccccc1)S(=O)(=O)c1ccc(C)cc1. The fourth-order valence-electron chi connectivity index (χ4n) is 1.87. The highest BCUT2D eigenvalue weighted by molar-refractivity contribution is 7.89. The molecule has 0 unspecified atom stereocenters. The maximum Gasteiger partial charge on any atom is 0.284 e.